The van der Waals surface area contributed by atoms with Gasteiger partial charge in [-0.2, -0.15) is 0 Å². The van der Waals surface area contributed by atoms with Crippen LogP contribution in [0.15, 0.2) is 60.7 Å². The molecule has 4 fully saturated rings. The summed E-state index contributed by atoms with van der Waals surface area (Å²) in [6.45, 7) is -0.412. The molecule has 13 heteroatoms. The van der Waals surface area contributed by atoms with E-state index in [1.165, 1.54) is 25.7 Å². The Labute approximate surface area is 277 Å². The molecule has 0 amide bonds. The number of carbonyl (C=O) groups excluding carboxylic acids is 2. The summed E-state index contributed by atoms with van der Waals surface area (Å²) in [5.41, 5.74) is 1.64. The lowest BCUT2D eigenvalue weighted by Crippen LogP contribution is -2.43. The van der Waals surface area contributed by atoms with Gasteiger partial charge in [0.05, 0.1) is 13.2 Å². The summed E-state index contributed by atoms with van der Waals surface area (Å²) in [4.78, 5) is 29.6. The number of rotatable bonds is 8. The Balaban J connectivity index is 0.000000186. The topological polar surface area (TPSA) is 180 Å². The molecule has 260 valence electrons. The van der Waals surface area contributed by atoms with Crippen molar-refractivity contribution in [3.63, 3.8) is 0 Å². The van der Waals surface area contributed by atoms with Crippen LogP contribution in [0.4, 0.5) is 0 Å². The molecule has 0 saturated carbocycles. The molecule has 4 aliphatic rings. The summed E-state index contributed by atoms with van der Waals surface area (Å²) >= 11 is 0. The van der Waals surface area contributed by atoms with E-state index in [0.717, 1.165) is 36.8 Å². The van der Waals surface area contributed by atoms with Crippen LogP contribution in [0.3, 0.4) is 0 Å². The van der Waals surface area contributed by atoms with Gasteiger partial charge in [-0.1, -0.05) is 60.7 Å². The fourth-order valence-electron chi connectivity index (χ4n) is 7.41. The van der Waals surface area contributed by atoms with Crippen molar-refractivity contribution in [3.05, 3.63) is 71.8 Å². The van der Waals surface area contributed by atoms with Gasteiger partial charge < -0.3 is 38.6 Å². The Morgan fingerprint density at radius 1 is 0.681 bits per heavy atom. The number of carbonyl (C=O) groups is 2. The third-order valence-electron chi connectivity index (χ3n) is 10.0. The summed E-state index contributed by atoms with van der Waals surface area (Å²) in [5.74, 6) is -1.72. The van der Waals surface area contributed by atoms with Gasteiger partial charge in [0.1, 0.15) is 24.0 Å². The Hall–Kier alpha value is -2.91. The van der Waals surface area contributed by atoms with Gasteiger partial charge in [-0.15, -0.1) is 0 Å². The molecule has 4 aliphatic heterocycles. The van der Waals surface area contributed by atoms with Gasteiger partial charge in [0.25, 0.3) is 0 Å². The standard InChI is InChI=1S/2C17H23NO3.H2O4S/c2*1-18-13-7-8-14(18)10-15(9-13)21-17(20)16(11-19)12-5-3-2-4-6-12;1-5(2,3)4/h2*2-6,13-16,19H,7-11H2,1H3;(H2,1,2,3,4)/p-2/t2*13-,14?,15?,16?;/m00./s1. The molecule has 2 aromatic rings. The van der Waals surface area contributed by atoms with E-state index in [9.17, 15) is 19.8 Å². The highest BCUT2D eigenvalue weighted by Crippen LogP contribution is 2.37. The van der Waals surface area contributed by atoms with Crippen molar-refractivity contribution in [2.45, 2.75) is 99.6 Å². The summed E-state index contributed by atoms with van der Waals surface area (Å²) in [7, 11) is -0.832. The Morgan fingerprint density at radius 2 is 0.957 bits per heavy atom. The van der Waals surface area contributed by atoms with Crippen molar-refractivity contribution in [2.24, 2.45) is 0 Å². The average molecular weight is 675 g/mol. The lowest BCUT2D eigenvalue weighted by Gasteiger charge is -2.36. The minimum absolute atomic E-state index is 0.00367. The molecule has 2 aromatic carbocycles. The van der Waals surface area contributed by atoms with Gasteiger partial charge in [-0.25, -0.2) is 0 Å². The van der Waals surface area contributed by atoms with Crippen LogP contribution >= 0.6 is 0 Å². The largest absolute Gasteiger partial charge is 0.759 e. The lowest BCUT2D eigenvalue weighted by molar-refractivity contribution is -0.156. The molecule has 2 N–H and O–H groups in total. The molecule has 6 rings (SSSR count). The molecule has 0 radical (unpaired) electrons. The number of fused-ring (bicyclic) bond motifs is 4. The Bertz CT molecular complexity index is 1270. The molecule has 12 nitrogen and oxygen atoms in total. The first-order chi connectivity index (χ1) is 22.4. The van der Waals surface area contributed by atoms with E-state index in [4.69, 9.17) is 27.0 Å². The van der Waals surface area contributed by atoms with E-state index in [1.807, 2.05) is 60.7 Å². The molecule has 0 spiro atoms. The molecule has 4 saturated heterocycles. The van der Waals surface area contributed by atoms with Crippen LogP contribution in [0.25, 0.3) is 0 Å². The predicted octanol–water partition coefficient (Wildman–Crippen LogP) is 2.52. The highest BCUT2D eigenvalue weighted by atomic mass is 32.3. The van der Waals surface area contributed by atoms with Crippen LogP contribution in [0.5, 0.6) is 0 Å². The second-order valence-corrected chi connectivity index (χ2v) is 13.7. The van der Waals surface area contributed by atoms with Crippen molar-refractivity contribution in [2.75, 3.05) is 27.3 Å². The van der Waals surface area contributed by atoms with Gasteiger partial charge in [0.2, 0.25) is 0 Å². The minimum Gasteiger partial charge on any atom is -0.759 e. The fraction of sp³-hybridized carbons (Fsp3) is 0.588. The number of nitrogens with zero attached hydrogens (tertiary/aromatic N) is 2. The van der Waals surface area contributed by atoms with Gasteiger partial charge in [-0.05, 0) is 76.6 Å². The Morgan fingerprint density at radius 3 is 1.21 bits per heavy atom. The quantitative estimate of drug-likeness (QED) is 0.238. The number of benzene rings is 2. The van der Waals surface area contributed by atoms with Gasteiger partial charge in [0.15, 0.2) is 0 Å². The van der Waals surface area contributed by atoms with Crippen molar-refractivity contribution in [1.82, 2.24) is 9.80 Å². The first kappa shape index (κ1) is 36.9. The summed E-state index contributed by atoms with van der Waals surface area (Å²) < 4.78 is 45.5. The molecule has 4 heterocycles. The summed E-state index contributed by atoms with van der Waals surface area (Å²) in [6.07, 6.45) is 8.52. The van der Waals surface area contributed by atoms with Crippen molar-refractivity contribution in [3.8, 4) is 0 Å². The second kappa shape index (κ2) is 17.0. The monoisotopic (exact) mass is 674 g/mol. The van der Waals surface area contributed by atoms with Crippen LogP contribution in [0, 0.1) is 0 Å². The van der Waals surface area contributed by atoms with Crippen LogP contribution in [0.1, 0.15) is 74.3 Å². The molecule has 4 bridgehead atoms. The van der Waals surface area contributed by atoms with E-state index in [1.54, 1.807) is 0 Å². The predicted molar refractivity (Wildman–Crippen MR) is 170 cm³/mol. The second-order valence-electron chi connectivity index (χ2n) is 12.9. The minimum atomic E-state index is -5.17. The number of piperidine rings is 2. The molecule has 8 atom stereocenters. The van der Waals surface area contributed by atoms with Crippen LogP contribution in [-0.2, 0) is 29.5 Å². The van der Waals surface area contributed by atoms with Crippen molar-refractivity contribution < 1.29 is 46.8 Å². The highest BCUT2D eigenvalue weighted by Gasteiger charge is 2.41. The van der Waals surface area contributed by atoms with Crippen LogP contribution in [-0.4, -0.2) is 113 Å². The zero-order valence-electron chi connectivity index (χ0n) is 26.9. The first-order valence-electron chi connectivity index (χ1n) is 16.2. The maximum atomic E-state index is 12.4. The molecular weight excluding hydrogens is 628 g/mol. The normalized spacial score (nSPS) is 28.1. The summed E-state index contributed by atoms with van der Waals surface area (Å²) in [5, 5.41) is 19.1. The molecule has 6 unspecified atom stereocenters. The number of hydrogen-bond acceptors (Lipinski definition) is 12. The zero-order valence-corrected chi connectivity index (χ0v) is 27.7. The maximum Gasteiger partial charge on any atom is 0.316 e. The maximum absolute atomic E-state index is 12.4. The van der Waals surface area contributed by atoms with E-state index >= 15 is 0 Å². The van der Waals surface area contributed by atoms with Crippen molar-refractivity contribution >= 4 is 22.3 Å². The third-order valence-corrected chi connectivity index (χ3v) is 10.0. The van der Waals surface area contributed by atoms with E-state index in [-0.39, 0.29) is 37.4 Å². The lowest BCUT2D eigenvalue weighted by atomic mass is 9.98. The molecule has 0 aliphatic carbocycles. The zero-order chi connectivity index (χ0) is 34.1. The van der Waals surface area contributed by atoms with E-state index in [2.05, 4.69) is 23.9 Å². The van der Waals surface area contributed by atoms with Crippen molar-refractivity contribution in [1.29, 1.82) is 0 Å². The molecule has 0 aromatic heterocycles. The smallest absolute Gasteiger partial charge is 0.316 e. The third kappa shape index (κ3) is 10.5. The fourth-order valence-corrected chi connectivity index (χ4v) is 7.41. The molecular formula is C34H46N2O10S-2. The number of aliphatic hydroxyl groups is 2. The van der Waals surface area contributed by atoms with Gasteiger partial charge >= 0.3 is 11.9 Å². The first-order valence-corrected chi connectivity index (χ1v) is 17.5. The van der Waals surface area contributed by atoms with Crippen LogP contribution in [0.2, 0.25) is 0 Å². The number of ether oxygens (including phenoxy) is 2. The van der Waals surface area contributed by atoms with E-state index in [0.29, 0.717) is 24.2 Å². The van der Waals surface area contributed by atoms with Gasteiger partial charge in [-0.3, -0.25) is 18.0 Å². The SMILES string of the molecule is CN1C2CC[C@H]1CC(OC(=O)C(CO)c1ccccc1)C2.CN1C2CC[C@H]1CC(OC(=O)C(CO)c1ccccc1)C2.O=S(=O)([O-])[O-]. The highest BCUT2D eigenvalue weighted by molar-refractivity contribution is 7.79. The van der Waals surface area contributed by atoms with Crippen LogP contribution < -0.4 is 0 Å². The van der Waals surface area contributed by atoms with E-state index < -0.39 is 22.2 Å². The van der Waals surface area contributed by atoms with Gasteiger partial charge in [0, 0.05) is 34.6 Å². The number of esters is 2. The Kier molecular flexibility index (Phi) is 13.3. The number of aliphatic hydroxyl groups excluding tert-OH is 2. The molecule has 47 heavy (non-hydrogen) atoms. The average Bonchev–Trinajstić information content (AvgIpc) is 3.34. The number of hydrogen-bond donors (Lipinski definition) is 2. The summed E-state index contributed by atoms with van der Waals surface area (Å²) in [6, 6.07) is 20.9.